The molecular weight excluding hydrogens is 340 g/mol. The van der Waals surface area contributed by atoms with E-state index in [1.807, 2.05) is 31.2 Å². The number of carbonyl (C=O) groups is 1. The molecule has 0 aliphatic heterocycles. The molecule has 122 valence electrons. The lowest BCUT2D eigenvalue weighted by Gasteiger charge is -2.36. The minimum Gasteiger partial charge on any atom is -0.466 e. The highest BCUT2D eigenvalue weighted by Gasteiger charge is 2.43. The molecule has 0 heterocycles. The predicted octanol–water partition coefficient (Wildman–Crippen LogP) is 5.48. The molecule has 1 aromatic rings. The first-order valence-corrected chi connectivity index (χ1v) is 9.13. The molecule has 1 rings (SSSR count). The van der Waals surface area contributed by atoms with Crippen LogP contribution in [0.2, 0.25) is 0 Å². The van der Waals surface area contributed by atoms with Crippen LogP contribution in [0.1, 0.15) is 51.0 Å². The molecule has 0 aliphatic carbocycles. The van der Waals surface area contributed by atoms with E-state index in [4.69, 9.17) is 4.74 Å². The Bertz CT molecular complexity index is 458. The van der Waals surface area contributed by atoms with E-state index in [0.29, 0.717) is 13.0 Å². The molecule has 0 N–H and O–H groups in total. The van der Waals surface area contributed by atoms with Gasteiger partial charge in [-0.3, -0.25) is 4.79 Å². The van der Waals surface area contributed by atoms with Gasteiger partial charge in [0.2, 0.25) is 0 Å². The zero-order valence-corrected chi connectivity index (χ0v) is 15.3. The number of hydrogen-bond donors (Lipinski definition) is 0. The summed E-state index contributed by atoms with van der Waals surface area (Å²) < 4.78 is 5.43. The van der Waals surface area contributed by atoms with Gasteiger partial charge >= 0.3 is 5.97 Å². The molecule has 0 saturated carbocycles. The van der Waals surface area contributed by atoms with Crippen molar-refractivity contribution in [2.45, 2.75) is 45.4 Å². The van der Waals surface area contributed by atoms with Gasteiger partial charge in [0.25, 0.3) is 0 Å². The molecule has 0 spiro atoms. The van der Waals surface area contributed by atoms with Crippen LogP contribution in [-0.4, -0.2) is 17.9 Å². The number of esters is 1. The molecule has 0 saturated heterocycles. The Hall–Kier alpha value is -1.09. The Labute approximate surface area is 143 Å². The smallest absolute Gasteiger partial charge is 0.312 e. The highest BCUT2D eigenvalue weighted by molar-refractivity contribution is 9.09. The Morgan fingerprint density at radius 1 is 1.36 bits per heavy atom. The van der Waals surface area contributed by atoms with Crippen molar-refractivity contribution in [3.05, 3.63) is 48.6 Å². The fraction of sp³-hybridized carbons (Fsp3) is 0.526. The zero-order chi connectivity index (χ0) is 16.4. The molecule has 0 aliphatic rings. The van der Waals surface area contributed by atoms with Gasteiger partial charge in [-0.05, 0) is 37.7 Å². The summed E-state index contributed by atoms with van der Waals surface area (Å²) in [5.74, 6) is 0.00176. The third-order valence-corrected chi connectivity index (χ3v) is 4.89. The van der Waals surface area contributed by atoms with Crippen LogP contribution in [0, 0.1) is 5.41 Å². The number of hydrogen-bond acceptors (Lipinski definition) is 2. The molecular formula is C19H27BrO2. The van der Waals surface area contributed by atoms with E-state index in [1.54, 1.807) is 0 Å². The van der Waals surface area contributed by atoms with Crippen molar-refractivity contribution in [3.63, 3.8) is 0 Å². The van der Waals surface area contributed by atoms with Crippen molar-refractivity contribution >= 4 is 21.9 Å². The minimum absolute atomic E-state index is 0.0965. The number of benzene rings is 1. The van der Waals surface area contributed by atoms with Crippen molar-refractivity contribution in [1.82, 2.24) is 0 Å². The SMILES string of the molecule is C=CCC(CCCCBr)(C(=O)OCC)C(C)c1ccccc1. The molecule has 0 amide bonds. The maximum atomic E-state index is 12.8. The van der Waals surface area contributed by atoms with E-state index in [0.717, 1.165) is 24.6 Å². The van der Waals surface area contributed by atoms with E-state index in [2.05, 4.69) is 41.6 Å². The highest BCUT2D eigenvalue weighted by atomic mass is 79.9. The average molecular weight is 367 g/mol. The Morgan fingerprint density at radius 3 is 2.59 bits per heavy atom. The van der Waals surface area contributed by atoms with Gasteiger partial charge < -0.3 is 4.74 Å². The predicted molar refractivity (Wildman–Crippen MR) is 96.4 cm³/mol. The number of unbranched alkanes of at least 4 members (excludes halogenated alkanes) is 1. The largest absolute Gasteiger partial charge is 0.466 e. The normalized spacial score (nSPS) is 14.9. The number of halogens is 1. The molecule has 3 heteroatoms. The van der Waals surface area contributed by atoms with Gasteiger partial charge in [-0.2, -0.15) is 0 Å². The van der Waals surface area contributed by atoms with Crippen molar-refractivity contribution in [2.24, 2.45) is 5.41 Å². The van der Waals surface area contributed by atoms with Crippen LogP contribution < -0.4 is 0 Å². The van der Waals surface area contributed by atoms with Crippen LogP contribution in [0.4, 0.5) is 0 Å². The van der Waals surface area contributed by atoms with Crippen molar-refractivity contribution in [3.8, 4) is 0 Å². The molecule has 0 radical (unpaired) electrons. The molecule has 2 nitrogen and oxygen atoms in total. The third-order valence-electron chi connectivity index (χ3n) is 4.33. The van der Waals surface area contributed by atoms with Gasteiger partial charge in [0.05, 0.1) is 12.0 Å². The fourth-order valence-electron chi connectivity index (χ4n) is 2.99. The van der Waals surface area contributed by atoms with E-state index < -0.39 is 5.41 Å². The fourth-order valence-corrected chi connectivity index (χ4v) is 3.38. The monoisotopic (exact) mass is 366 g/mol. The summed E-state index contributed by atoms with van der Waals surface area (Å²) in [5.41, 5.74) is 0.651. The highest BCUT2D eigenvalue weighted by Crippen LogP contribution is 2.44. The summed E-state index contributed by atoms with van der Waals surface area (Å²) in [7, 11) is 0. The lowest BCUT2D eigenvalue weighted by molar-refractivity contribution is -0.157. The second kappa shape index (κ2) is 9.83. The third kappa shape index (κ3) is 4.70. The van der Waals surface area contributed by atoms with Crippen LogP contribution >= 0.6 is 15.9 Å². The maximum Gasteiger partial charge on any atom is 0.312 e. The maximum absolute atomic E-state index is 12.8. The Balaban J connectivity index is 3.14. The van der Waals surface area contributed by atoms with Crippen molar-refractivity contribution < 1.29 is 9.53 Å². The number of allylic oxidation sites excluding steroid dienone is 1. The number of ether oxygens (including phenoxy) is 1. The van der Waals surface area contributed by atoms with Gasteiger partial charge in [-0.15, -0.1) is 6.58 Å². The number of carbonyl (C=O) groups excluding carboxylic acids is 1. The minimum atomic E-state index is -0.527. The first-order valence-electron chi connectivity index (χ1n) is 8.01. The Morgan fingerprint density at radius 2 is 2.05 bits per heavy atom. The lowest BCUT2D eigenvalue weighted by Crippen LogP contribution is -2.37. The van der Waals surface area contributed by atoms with Crippen LogP contribution in [0.5, 0.6) is 0 Å². The quantitative estimate of drug-likeness (QED) is 0.237. The van der Waals surface area contributed by atoms with Crippen molar-refractivity contribution in [2.75, 3.05) is 11.9 Å². The molecule has 0 bridgehead atoms. The molecule has 2 unspecified atom stereocenters. The molecule has 0 fully saturated rings. The van der Waals surface area contributed by atoms with Crippen molar-refractivity contribution in [1.29, 1.82) is 0 Å². The second-order valence-electron chi connectivity index (χ2n) is 5.65. The second-order valence-corrected chi connectivity index (χ2v) is 6.44. The molecule has 22 heavy (non-hydrogen) atoms. The summed E-state index contributed by atoms with van der Waals surface area (Å²) in [6, 6.07) is 10.2. The van der Waals surface area contributed by atoms with Crippen LogP contribution in [0.15, 0.2) is 43.0 Å². The summed E-state index contributed by atoms with van der Waals surface area (Å²) in [5, 5.41) is 0.958. The van der Waals surface area contributed by atoms with Gasteiger partial charge in [-0.25, -0.2) is 0 Å². The first kappa shape index (κ1) is 19.0. The average Bonchev–Trinajstić information content (AvgIpc) is 2.54. The number of alkyl halides is 1. The van der Waals surface area contributed by atoms with Crippen LogP contribution in [0.25, 0.3) is 0 Å². The lowest BCUT2D eigenvalue weighted by atomic mass is 9.67. The van der Waals surface area contributed by atoms with Crippen LogP contribution in [0.3, 0.4) is 0 Å². The van der Waals surface area contributed by atoms with E-state index in [-0.39, 0.29) is 11.9 Å². The van der Waals surface area contributed by atoms with E-state index >= 15 is 0 Å². The van der Waals surface area contributed by atoms with E-state index in [9.17, 15) is 4.79 Å². The van der Waals surface area contributed by atoms with E-state index in [1.165, 1.54) is 5.56 Å². The molecule has 0 aromatic heterocycles. The standard InChI is InChI=1S/C19H27BrO2/c1-4-13-19(14-9-10-15-20,18(21)22-5-2)16(3)17-11-7-6-8-12-17/h4,6-8,11-12,16H,1,5,9-10,13-15H2,2-3H3. The summed E-state index contributed by atoms with van der Waals surface area (Å²) in [6.45, 7) is 8.28. The summed E-state index contributed by atoms with van der Waals surface area (Å²) in [6.07, 6.45) is 5.36. The van der Waals surface area contributed by atoms with Gasteiger partial charge in [0, 0.05) is 5.33 Å². The zero-order valence-electron chi connectivity index (χ0n) is 13.7. The van der Waals surface area contributed by atoms with Crippen LogP contribution in [-0.2, 0) is 9.53 Å². The molecule has 2 atom stereocenters. The number of rotatable bonds is 10. The molecule has 1 aromatic carbocycles. The van der Waals surface area contributed by atoms with Gasteiger partial charge in [-0.1, -0.05) is 65.7 Å². The van der Waals surface area contributed by atoms with Gasteiger partial charge in [0.15, 0.2) is 0 Å². The van der Waals surface area contributed by atoms with Gasteiger partial charge in [0.1, 0.15) is 0 Å². The summed E-state index contributed by atoms with van der Waals surface area (Å²) in [4.78, 5) is 12.8. The topological polar surface area (TPSA) is 26.3 Å². The first-order chi connectivity index (χ1) is 10.6. The summed E-state index contributed by atoms with van der Waals surface area (Å²) >= 11 is 3.47. The Kier molecular flexibility index (Phi) is 8.47.